The molecular formula is C17H18FN3O5S. The largest absolute Gasteiger partial charge is 0.378 e. The van der Waals surface area contributed by atoms with Gasteiger partial charge in [-0.05, 0) is 36.8 Å². The number of amides is 1. The highest BCUT2D eigenvalue weighted by atomic mass is 32.2. The molecule has 0 aliphatic carbocycles. The van der Waals surface area contributed by atoms with Crippen molar-refractivity contribution < 1.29 is 22.5 Å². The lowest BCUT2D eigenvalue weighted by molar-refractivity contribution is -0.386. The second-order valence-corrected chi connectivity index (χ2v) is 7.81. The third-order valence-electron chi connectivity index (χ3n) is 3.74. The van der Waals surface area contributed by atoms with E-state index in [4.69, 9.17) is 0 Å². The van der Waals surface area contributed by atoms with Crippen molar-refractivity contribution in [2.75, 3.05) is 24.7 Å². The van der Waals surface area contributed by atoms with E-state index in [-0.39, 0.29) is 24.3 Å². The Balaban J connectivity index is 2.04. The van der Waals surface area contributed by atoms with Crippen LogP contribution in [-0.2, 0) is 9.84 Å². The lowest BCUT2D eigenvalue weighted by Crippen LogP contribution is -2.29. The van der Waals surface area contributed by atoms with E-state index in [0.717, 1.165) is 18.4 Å². The first kappa shape index (κ1) is 20.3. The Morgan fingerprint density at radius 1 is 1.22 bits per heavy atom. The van der Waals surface area contributed by atoms with Crippen molar-refractivity contribution in [3.63, 3.8) is 0 Å². The molecule has 0 heterocycles. The summed E-state index contributed by atoms with van der Waals surface area (Å²) in [4.78, 5) is 22.1. The number of anilines is 1. The maximum atomic E-state index is 13.5. The number of carbonyl (C=O) groups excluding carboxylic acids is 1. The highest BCUT2D eigenvalue weighted by Gasteiger charge is 2.25. The number of hydrogen-bond acceptors (Lipinski definition) is 6. The van der Waals surface area contributed by atoms with Crippen molar-refractivity contribution in [3.8, 4) is 0 Å². The molecule has 2 aromatic carbocycles. The van der Waals surface area contributed by atoms with Crippen LogP contribution in [-0.4, -0.2) is 38.6 Å². The maximum absolute atomic E-state index is 13.5. The number of nitro benzene ring substituents is 1. The van der Waals surface area contributed by atoms with Gasteiger partial charge in [0.25, 0.3) is 5.91 Å². The minimum Gasteiger partial charge on any atom is -0.378 e. The molecular weight excluding hydrogens is 377 g/mol. The molecule has 8 nitrogen and oxygen atoms in total. The molecule has 0 bridgehead atoms. The number of para-hydroxylation sites is 1. The fraction of sp³-hybridized carbons (Fsp3) is 0.235. The molecule has 0 saturated carbocycles. The van der Waals surface area contributed by atoms with E-state index in [1.807, 2.05) is 0 Å². The van der Waals surface area contributed by atoms with E-state index >= 15 is 0 Å². The molecule has 2 N–H and O–H groups in total. The standard InChI is InChI=1S/C17H18FN3O5S/c1-11-6-7-12(10-13(11)18)17(22)20-9-8-19-14-4-3-5-15(27(2,25)26)16(14)21(23)24/h3-7,10,19H,8-9H2,1-2H3,(H,20,22). The molecule has 0 spiro atoms. The highest BCUT2D eigenvalue weighted by molar-refractivity contribution is 7.90. The van der Waals surface area contributed by atoms with Gasteiger partial charge in [-0.2, -0.15) is 0 Å². The van der Waals surface area contributed by atoms with E-state index in [9.17, 15) is 27.7 Å². The Morgan fingerprint density at radius 3 is 2.52 bits per heavy atom. The van der Waals surface area contributed by atoms with Crippen LogP contribution in [0.25, 0.3) is 0 Å². The molecule has 0 radical (unpaired) electrons. The van der Waals surface area contributed by atoms with Crippen molar-refractivity contribution in [2.45, 2.75) is 11.8 Å². The Labute approximate surface area is 155 Å². The van der Waals surface area contributed by atoms with Gasteiger partial charge in [0.1, 0.15) is 16.4 Å². The van der Waals surface area contributed by atoms with Crippen molar-refractivity contribution in [1.29, 1.82) is 0 Å². The molecule has 0 fully saturated rings. The summed E-state index contributed by atoms with van der Waals surface area (Å²) in [5.41, 5.74) is 0.0555. The quantitative estimate of drug-likeness (QED) is 0.422. The first-order valence-corrected chi connectivity index (χ1v) is 9.76. The third-order valence-corrected chi connectivity index (χ3v) is 4.87. The molecule has 144 valence electrons. The van der Waals surface area contributed by atoms with Crippen molar-refractivity contribution >= 4 is 27.1 Å². The van der Waals surface area contributed by atoms with Crippen LogP contribution in [0.5, 0.6) is 0 Å². The Morgan fingerprint density at radius 2 is 1.93 bits per heavy atom. The minimum absolute atomic E-state index is 0.0264. The summed E-state index contributed by atoms with van der Waals surface area (Å²) in [5.74, 6) is -0.982. The predicted octanol–water partition coefficient (Wildman–Crippen LogP) is 2.29. The number of rotatable bonds is 7. The van der Waals surface area contributed by atoms with Crippen LogP contribution in [0, 0.1) is 22.9 Å². The average molecular weight is 395 g/mol. The SMILES string of the molecule is Cc1ccc(C(=O)NCCNc2cccc(S(C)(=O)=O)c2[N+](=O)[O-])cc1F. The zero-order valence-corrected chi connectivity index (χ0v) is 15.5. The summed E-state index contributed by atoms with van der Waals surface area (Å²) in [6.45, 7) is 1.78. The summed E-state index contributed by atoms with van der Waals surface area (Å²) in [6.07, 6.45) is 0.889. The van der Waals surface area contributed by atoms with E-state index < -0.39 is 37.1 Å². The highest BCUT2D eigenvalue weighted by Crippen LogP contribution is 2.31. The van der Waals surface area contributed by atoms with Crippen LogP contribution in [0.2, 0.25) is 0 Å². The van der Waals surface area contributed by atoms with Gasteiger partial charge in [0, 0.05) is 24.9 Å². The van der Waals surface area contributed by atoms with Gasteiger partial charge in [-0.15, -0.1) is 0 Å². The number of nitro groups is 1. The number of carbonyl (C=O) groups is 1. The second kappa shape index (κ2) is 8.12. The topological polar surface area (TPSA) is 118 Å². The lowest BCUT2D eigenvalue weighted by atomic mass is 10.1. The number of sulfone groups is 1. The molecule has 1 amide bonds. The fourth-order valence-corrected chi connectivity index (χ4v) is 3.22. The first-order valence-electron chi connectivity index (χ1n) is 7.87. The maximum Gasteiger partial charge on any atom is 0.310 e. The van der Waals surface area contributed by atoms with Gasteiger partial charge >= 0.3 is 5.69 Å². The van der Waals surface area contributed by atoms with Crippen LogP contribution in [0.1, 0.15) is 15.9 Å². The summed E-state index contributed by atoms with van der Waals surface area (Å²) < 4.78 is 36.9. The molecule has 10 heteroatoms. The van der Waals surface area contributed by atoms with Gasteiger partial charge in [-0.1, -0.05) is 12.1 Å². The molecule has 0 atom stereocenters. The van der Waals surface area contributed by atoms with Crippen molar-refractivity contribution in [3.05, 3.63) is 63.5 Å². The van der Waals surface area contributed by atoms with Crippen LogP contribution in [0.15, 0.2) is 41.3 Å². The van der Waals surface area contributed by atoms with E-state index in [2.05, 4.69) is 10.6 Å². The summed E-state index contributed by atoms with van der Waals surface area (Å²) in [6, 6.07) is 8.03. The monoisotopic (exact) mass is 395 g/mol. The molecule has 0 aliphatic rings. The molecule has 27 heavy (non-hydrogen) atoms. The number of benzene rings is 2. The second-order valence-electron chi connectivity index (χ2n) is 5.83. The number of halogens is 1. The molecule has 0 unspecified atom stereocenters. The van der Waals surface area contributed by atoms with E-state index in [1.165, 1.54) is 24.3 Å². The van der Waals surface area contributed by atoms with Gasteiger partial charge in [0.2, 0.25) is 0 Å². The Kier molecular flexibility index (Phi) is 6.11. The molecule has 0 aliphatic heterocycles. The van der Waals surface area contributed by atoms with Crippen molar-refractivity contribution in [2.24, 2.45) is 0 Å². The molecule has 2 aromatic rings. The van der Waals surface area contributed by atoms with Crippen LogP contribution < -0.4 is 10.6 Å². The van der Waals surface area contributed by atoms with Crippen LogP contribution in [0.3, 0.4) is 0 Å². The molecule has 2 rings (SSSR count). The average Bonchev–Trinajstić information content (AvgIpc) is 2.59. The Hall–Kier alpha value is -3.01. The van der Waals surface area contributed by atoms with Gasteiger partial charge in [0.15, 0.2) is 9.84 Å². The predicted molar refractivity (Wildman–Crippen MR) is 98.2 cm³/mol. The van der Waals surface area contributed by atoms with Gasteiger partial charge in [0.05, 0.1) is 4.92 Å². The van der Waals surface area contributed by atoms with E-state index in [1.54, 1.807) is 6.92 Å². The van der Waals surface area contributed by atoms with Gasteiger partial charge < -0.3 is 10.6 Å². The summed E-state index contributed by atoms with van der Waals surface area (Å²) in [7, 11) is -3.78. The number of nitrogens with zero attached hydrogens (tertiary/aromatic N) is 1. The first-order chi connectivity index (χ1) is 12.6. The molecule has 0 aromatic heterocycles. The third kappa shape index (κ3) is 5.00. The van der Waals surface area contributed by atoms with Crippen LogP contribution >= 0.6 is 0 Å². The zero-order valence-electron chi connectivity index (χ0n) is 14.7. The Bertz CT molecular complexity index is 992. The van der Waals surface area contributed by atoms with E-state index in [0.29, 0.717) is 5.56 Å². The lowest BCUT2D eigenvalue weighted by Gasteiger charge is -2.10. The number of aryl methyl sites for hydroxylation is 1. The van der Waals surface area contributed by atoms with Crippen LogP contribution in [0.4, 0.5) is 15.8 Å². The van der Waals surface area contributed by atoms with Gasteiger partial charge in [-0.3, -0.25) is 14.9 Å². The van der Waals surface area contributed by atoms with Gasteiger partial charge in [-0.25, -0.2) is 12.8 Å². The smallest absolute Gasteiger partial charge is 0.310 e. The minimum atomic E-state index is -3.78. The summed E-state index contributed by atoms with van der Waals surface area (Å²) in [5, 5.41) is 16.6. The fourth-order valence-electron chi connectivity index (χ4n) is 2.36. The zero-order chi connectivity index (χ0) is 20.2. The molecule has 0 saturated heterocycles. The normalized spacial score (nSPS) is 11.1. The van der Waals surface area contributed by atoms with Crippen molar-refractivity contribution in [1.82, 2.24) is 5.32 Å². The summed E-state index contributed by atoms with van der Waals surface area (Å²) >= 11 is 0. The number of nitrogens with one attached hydrogen (secondary N) is 2. The number of hydrogen-bond donors (Lipinski definition) is 2.